The largest absolute Gasteiger partial charge is 0.399 e. The van der Waals surface area contributed by atoms with Crippen molar-refractivity contribution in [3.05, 3.63) is 58.4 Å². The molecule has 0 aromatic heterocycles. The molecule has 2 aromatic rings. The molecule has 19 heavy (non-hydrogen) atoms. The van der Waals surface area contributed by atoms with Gasteiger partial charge in [-0.15, -0.1) is 0 Å². The zero-order valence-corrected chi connectivity index (χ0v) is 11.0. The van der Waals surface area contributed by atoms with Crippen LogP contribution in [0.4, 0.5) is 15.8 Å². The second kappa shape index (κ2) is 5.28. The molecule has 0 unspecified atom stereocenters. The first-order valence-corrected chi connectivity index (χ1v) is 5.98. The number of aryl methyl sites for hydroxylation is 1. The molecule has 0 fully saturated rings. The number of benzene rings is 2. The maximum absolute atomic E-state index is 13.3. The van der Waals surface area contributed by atoms with Gasteiger partial charge in [0.15, 0.2) is 0 Å². The van der Waals surface area contributed by atoms with Gasteiger partial charge in [-0.1, -0.05) is 17.7 Å². The summed E-state index contributed by atoms with van der Waals surface area (Å²) in [7, 11) is 0. The molecule has 0 atom stereocenters. The molecule has 0 spiro atoms. The Morgan fingerprint density at radius 3 is 2.74 bits per heavy atom. The van der Waals surface area contributed by atoms with Gasteiger partial charge in [0.2, 0.25) is 0 Å². The Bertz CT molecular complexity index is 643. The van der Waals surface area contributed by atoms with E-state index in [9.17, 15) is 9.18 Å². The number of hydrogen-bond acceptors (Lipinski definition) is 2. The maximum Gasteiger partial charge on any atom is 0.257 e. The smallest absolute Gasteiger partial charge is 0.257 e. The van der Waals surface area contributed by atoms with Crippen molar-refractivity contribution in [3.63, 3.8) is 0 Å². The number of halogens is 2. The molecule has 0 heterocycles. The van der Waals surface area contributed by atoms with Crippen LogP contribution in [0.5, 0.6) is 0 Å². The standard InChI is InChI=1S/C14H12ClFN2O/c1-8-7-9(17)5-6-12(8)18-14(19)10-3-2-4-11(16)13(10)15/h2-7H,17H2,1H3,(H,18,19). The van der Waals surface area contributed by atoms with Gasteiger partial charge >= 0.3 is 0 Å². The van der Waals surface area contributed by atoms with Crippen molar-refractivity contribution in [2.24, 2.45) is 0 Å². The first-order valence-electron chi connectivity index (χ1n) is 5.60. The first-order chi connectivity index (χ1) is 8.99. The third kappa shape index (κ3) is 2.85. The van der Waals surface area contributed by atoms with Crippen LogP contribution in [0, 0.1) is 12.7 Å². The molecule has 5 heteroatoms. The molecule has 0 saturated carbocycles. The van der Waals surface area contributed by atoms with Crippen molar-refractivity contribution >= 4 is 28.9 Å². The molecule has 0 saturated heterocycles. The quantitative estimate of drug-likeness (QED) is 0.824. The molecule has 98 valence electrons. The molecule has 0 aliphatic carbocycles. The van der Waals surface area contributed by atoms with Crippen molar-refractivity contribution in [2.45, 2.75) is 6.92 Å². The lowest BCUT2D eigenvalue weighted by molar-refractivity contribution is 0.102. The predicted molar refractivity (Wildman–Crippen MR) is 75.0 cm³/mol. The van der Waals surface area contributed by atoms with Crippen LogP contribution in [0.1, 0.15) is 15.9 Å². The number of rotatable bonds is 2. The first kappa shape index (κ1) is 13.4. The zero-order valence-electron chi connectivity index (χ0n) is 10.2. The second-order valence-corrected chi connectivity index (χ2v) is 4.51. The van der Waals surface area contributed by atoms with Crippen LogP contribution < -0.4 is 11.1 Å². The summed E-state index contributed by atoms with van der Waals surface area (Å²) < 4.78 is 13.3. The average molecular weight is 279 g/mol. The highest BCUT2D eigenvalue weighted by Crippen LogP contribution is 2.23. The number of nitrogens with one attached hydrogen (secondary N) is 1. The highest BCUT2D eigenvalue weighted by Gasteiger charge is 2.14. The van der Waals surface area contributed by atoms with Crippen molar-refractivity contribution in [2.75, 3.05) is 11.1 Å². The number of carbonyl (C=O) groups excluding carboxylic acids is 1. The van der Waals surface area contributed by atoms with Crippen LogP contribution in [0.15, 0.2) is 36.4 Å². The molecule has 2 aromatic carbocycles. The summed E-state index contributed by atoms with van der Waals surface area (Å²) in [6.07, 6.45) is 0. The third-order valence-electron chi connectivity index (χ3n) is 2.69. The molecule has 0 bridgehead atoms. The van der Waals surface area contributed by atoms with Gasteiger partial charge in [0.05, 0.1) is 10.6 Å². The maximum atomic E-state index is 13.3. The van der Waals surface area contributed by atoms with E-state index in [-0.39, 0.29) is 10.6 Å². The fourth-order valence-electron chi connectivity index (χ4n) is 1.70. The van der Waals surface area contributed by atoms with Crippen molar-refractivity contribution < 1.29 is 9.18 Å². The van der Waals surface area contributed by atoms with E-state index in [2.05, 4.69) is 5.32 Å². The van der Waals surface area contributed by atoms with Crippen molar-refractivity contribution in [1.82, 2.24) is 0 Å². The van der Waals surface area contributed by atoms with Crippen LogP contribution in [0.2, 0.25) is 5.02 Å². The molecule has 0 aliphatic rings. The fraction of sp³-hybridized carbons (Fsp3) is 0.0714. The summed E-state index contributed by atoms with van der Waals surface area (Å²) >= 11 is 5.76. The van der Waals surface area contributed by atoms with Gasteiger partial charge in [0.1, 0.15) is 5.82 Å². The highest BCUT2D eigenvalue weighted by atomic mass is 35.5. The van der Waals surface area contributed by atoms with Gasteiger partial charge < -0.3 is 11.1 Å². The Kier molecular flexibility index (Phi) is 3.71. The average Bonchev–Trinajstić information content (AvgIpc) is 2.36. The van der Waals surface area contributed by atoms with E-state index < -0.39 is 11.7 Å². The van der Waals surface area contributed by atoms with Crippen molar-refractivity contribution in [3.8, 4) is 0 Å². The Morgan fingerprint density at radius 2 is 2.05 bits per heavy atom. The van der Waals surface area contributed by atoms with Gasteiger partial charge in [-0.3, -0.25) is 4.79 Å². The van der Waals surface area contributed by atoms with Crippen LogP contribution in [-0.4, -0.2) is 5.91 Å². The Balaban J connectivity index is 2.28. The predicted octanol–water partition coefficient (Wildman–Crippen LogP) is 3.62. The van der Waals surface area contributed by atoms with Gasteiger partial charge in [-0.05, 0) is 42.8 Å². The van der Waals surface area contributed by atoms with Gasteiger partial charge in [-0.25, -0.2) is 4.39 Å². The van der Waals surface area contributed by atoms with E-state index in [0.717, 1.165) is 5.56 Å². The van der Waals surface area contributed by atoms with Gasteiger partial charge in [0, 0.05) is 11.4 Å². The summed E-state index contributed by atoms with van der Waals surface area (Å²) in [5.41, 5.74) is 7.77. The topological polar surface area (TPSA) is 55.1 Å². The van der Waals surface area contributed by atoms with E-state index >= 15 is 0 Å². The SMILES string of the molecule is Cc1cc(N)ccc1NC(=O)c1cccc(F)c1Cl. The normalized spacial score (nSPS) is 10.3. The highest BCUT2D eigenvalue weighted by molar-refractivity contribution is 6.34. The molecular formula is C14H12ClFN2O. The second-order valence-electron chi connectivity index (χ2n) is 4.13. The number of anilines is 2. The fourth-order valence-corrected chi connectivity index (χ4v) is 1.91. The van der Waals surface area contributed by atoms with Crippen LogP contribution in [0.3, 0.4) is 0 Å². The summed E-state index contributed by atoms with van der Waals surface area (Å²) in [5, 5.41) is 2.49. The van der Waals surface area contributed by atoms with Crippen molar-refractivity contribution in [1.29, 1.82) is 0 Å². The number of nitrogen functional groups attached to an aromatic ring is 1. The van der Waals surface area contributed by atoms with E-state index in [1.807, 2.05) is 6.92 Å². The molecule has 0 radical (unpaired) electrons. The van der Waals surface area contributed by atoms with Gasteiger partial charge in [-0.2, -0.15) is 0 Å². The summed E-state index contributed by atoms with van der Waals surface area (Å²) in [6, 6.07) is 9.21. The molecule has 3 nitrogen and oxygen atoms in total. The number of amides is 1. The van der Waals surface area contributed by atoms with Crippen LogP contribution >= 0.6 is 11.6 Å². The summed E-state index contributed by atoms with van der Waals surface area (Å²) in [5.74, 6) is -1.08. The Hall–Kier alpha value is -2.07. The lowest BCUT2D eigenvalue weighted by Gasteiger charge is -2.10. The van der Waals surface area contributed by atoms with E-state index in [1.54, 1.807) is 18.2 Å². The Labute approximate surface area is 115 Å². The molecule has 3 N–H and O–H groups in total. The number of hydrogen-bond donors (Lipinski definition) is 2. The number of nitrogens with two attached hydrogens (primary N) is 1. The lowest BCUT2D eigenvalue weighted by Crippen LogP contribution is -2.13. The van der Waals surface area contributed by atoms with E-state index in [4.69, 9.17) is 17.3 Å². The van der Waals surface area contributed by atoms with E-state index in [1.165, 1.54) is 18.2 Å². The minimum Gasteiger partial charge on any atom is -0.399 e. The zero-order chi connectivity index (χ0) is 14.0. The summed E-state index contributed by atoms with van der Waals surface area (Å²) in [6.45, 7) is 1.82. The molecule has 2 rings (SSSR count). The summed E-state index contributed by atoms with van der Waals surface area (Å²) in [4.78, 5) is 12.0. The third-order valence-corrected chi connectivity index (χ3v) is 3.08. The van der Waals surface area contributed by atoms with Crippen LogP contribution in [-0.2, 0) is 0 Å². The molecular weight excluding hydrogens is 267 g/mol. The molecule has 0 aliphatic heterocycles. The number of carbonyl (C=O) groups is 1. The minimum absolute atomic E-state index is 0.0953. The van der Waals surface area contributed by atoms with Crippen LogP contribution in [0.25, 0.3) is 0 Å². The lowest BCUT2D eigenvalue weighted by atomic mass is 10.1. The minimum atomic E-state index is -0.622. The monoisotopic (exact) mass is 278 g/mol. The van der Waals surface area contributed by atoms with Gasteiger partial charge in [0.25, 0.3) is 5.91 Å². The molecule has 1 amide bonds. The Morgan fingerprint density at radius 1 is 1.32 bits per heavy atom. The van der Waals surface area contributed by atoms with E-state index in [0.29, 0.717) is 11.4 Å².